The lowest BCUT2D eigenvalue weighted by Crippen LogP contribution is -2.45. The van der Waals surface area contributed by atoms with Crippen molar-refractivity contribution in [2.24, 2.45) is 0 Å². The van der Waals surface area contributed by atoms with Crippen molar-refractivity contribution in [3.8, 4) is 0 Å². The first-order chi connectivity index (χ1) is 12.4. The number of carbonyl (C=O) groups is 2. The third kappa shape index (κ3) is 3.32. The summed E-state index contributed by atoms with van der Waals surface area (Å²) in [4.78, 5) is 24.3. The zero-order chi connectivity index (χ0) is 18.7. The highest BCUT2D eigenvalue weighted by molar-refractivity contribution is 6.00. The van der Waals surface area contributed by atoms with Crippen LogP contribution in [-0.2, 0) is 14.9 Å². The topological polar surface area (TPSA) is 75.6 Å². The van der Waals surface area contributed by atoms with Gasteiger partial charge in [-0.05, 0) is 49.1 Å². The van der Waals surface area contributed by atoms with Crippen LogP contribution < -0.4 is 5.32 Å². The van der Waals surface area contributed by atoms with Crippen LogP contribution >= 0.6 is 0 Å². The monoisotopic (exact) mass is 357 g/mol. The number of nitrogens with one attached hydrogen (secondary N) is 1. The quantitative estimate of drug-likeness (QED) is 0.878. The molecule has 0 aliphatic carbocycles. The van der Waals surface area contributed by atoms with Crippen molar-refractivity contribution < 1.29 is 23.8 Å². The van der Waals surface area contributed by atoms with Gasteiger partial charge in [-0.3, -0.25) is 4.79 Å². The smallest absolute Gasteiger partial charge is 0.335 e. The number of carboxylic acid groups (broad SMARTS) is 1. The Kier molecular flexibility index (Phi) is 5.04. The molecular weight excluding hydrogens is 337 g/mol. The summed E-state index contributed by atoms with van der Waals surface area (Å²) in [6.45, 7) is 2.80. The fourth-order valence-corrected chi connectivity index (χ4v) is 3.44. The molecule has 2 aromatic rings. The van der Waals surface area contributed by atoms with E-state index in [9.17, 15) is 14.0 Å². The number of benzene rings is 2. The van der Waals surface area contributed by atoms with Crippen molar-refractivity contribution in [1.29, 1.82) is 0 Å². The van der Waals surface area contributed by atoms with E-state index >= 15 is 0 Å². The van der Waals surface area contributed by atoms with Gasteiger partial charge >= 0.3 is 5.97 Å². The van der Waals surface area contributed by atoms with Gasteiger partial charge in [0.2, 0.25) is 5.91 Å². The molecule has 3 rings (SSSR count). The minimum Gasteiger partial charge on any atom is -0.478 e. The van der Waals surface area contributed by atoms with Crippen LogP contribution in [0.1, 0.15) is 34.3 Å². The Morgan fingerprint density at radius 1 is 1.15 bits per heavy atom. The molecule has 2 N–H and O–H groups in total. The number of hydrogen-bond acceptors (Lipinski definition) is 3. The molecule has 0 aromatic heterocycles. The maximum atomic E-state index is 14.1. The van der Waals surface area contributed by atoms with Gasteiger partial charge in [-0.25, -0.2) is 9.18 Å². The number of halogens is 1. The number of anilines is 1. The second kappa shape index (κ2) is 7.25. The van der Waals surface area contributed by atoms with E-state index < -0.39 is 17.2 Å². The number of aryl methyl sites for hydroxylation is 1. The van der Waals surface area contributed by atoms with Crippen molar-refractivity contribution in [2.45, 2.75) is 25.2 Å². The molecule has 5 nitrogen and oxygen atoms in total. The lowest BCUT2D eigenvalue weighted by Gasteiger charge is -2.37. The van der Waals surface area contributed by atoms with E-state index in [4.69, 9.17) is 9.84 Å². The van der Waals surface area contributed by atoms with E-state index in [0.717, 1.165) is 23.3 Å². The minimum absolute atomic E-state index is 0.0846. The molecule has 0 bridgehead atoms. The third-order valence-electron chi connectivity index (χ3n) is 4.90. The average molecular weight is 357 g/mol. The highest BCUT2D eigenvalue weighted by Crippen LogP contribution is 2.38. The summed E-state index contributed by atoms with van der Waals surface area (Å²) in [6.07, 6.45) is 0.952. The Morgan fingerprint density at radius 2 is 1.85 bits per heavy atom. The zero-order valence-electron chi connectivity index (χ0n) is 14.4. The van der Waals surface area contributed by atoms with Crippen molar-refractivity contribution in [3.63, 3.8) is 0 Å². The molecule has 26 heavy (non-hydrogen) atoms. The molecule has 1 aliphatic rings. The lowest BCUT2D eigenvalue weighted by molar-refractivity contribution is -0.125. The summed E-state index contributed by atoms with van der Waals surface area (Å²) in [7, 11) is 0. The molecule has 0 atom stereocenters. The first-order valence-electron chi connectivity index (χ1n) is 8.42. The first kappa shape index (κ1) is 18.1. The maximum absolute atomic E-state index is 14.1. The fraction of sp³-hybridized carbons (Fsp3) is 0.300. The number of carboxylic acids is 1. The summed E-state index contributed by atoms with van der Waals surface area (Å²) < 4.78 is 19.6. The molecule has 1 saturated heterocycles. The lowest BCUT2D eigenvalue weighted by atomic mass is 9.71. The predicted octanol–water partition coefficient (Wildman–Crippen LogP) is 3.52. The van der Waals surface area contributed by atoms with E-state index in [1.54, 1.807) is 0 Å². The van der Waals surface area contributed by atoms with Gasteiger partial charge in [-0.2, -0.15) is 0 Å². The molecule has 1 aliphatic heterocycles. The second-order valence-corrected chi connectivity index (χ2v) is 6.46. The average Bonchev–Trinajstić information content (AvgIpc) is 2.64. The Bertz CT molecular complexity index is 843. The van der Waals surface area contributed by atoms with E-state index in [0.29, 0.717) is 26.1 Å². The SMILES string of the molecule is Cc1ccccc1C1(C(=O)Nc2cc(C(=O)O)ccc2F)CCOCC1. The molecular formula is C20H20FNO4. The summed E-state index contributed by atoms with van der Waals surface area (Å²) in [6, 6.07) is 11.0. The van der Waals surface area contributed by atoms with Gasteiger partial charge in [-0.15, -0.1) is 0 Å². The summed E-state index contributed by atoms with van der Waals surface area (Å²) in [5, 5.41) is 11.7. The molecule has 0 spiro atoms. The van der Waals surface area contributed by atoms with E-state index in [-0.39, 0.29) is 17.2 Å². The third-order valence-corrected chi connectivity index (χ3v) is 4.90. The largest absolute Gasteiger partial charge is 0.478 e. The number of rotatable bonds is 4. The number of hydrogen-bond donors (Lipinski definition) is 2. The number of amides is 1. The van der Waals surface area contributed by atoms with Crippen molar-refractivity contribution in [1.82, 2.24) is 0 Å². The van der Waals surface area contributed by atoms with Gasteiger partial charge < -0.3 is 15.2 Å². The molecule has 0 saturated carbocycles. The van der Waals surface area contributed by atoms with Crippen LogP contribution in [0.25, 0.3) is 0 Å². The van der Waals surface area contributed by atoms with Gasteiger partial charge in [0.15, 0.2) is 0 Å². The predicted molar refractivity (Wildman–Crippen MR) is 94.9 cm³/mol. The molecule has 136 valence electrons. The summed E-state index contributed by atoms with van der Waals surface area (Å²) in [5.74, 6) is -2.20. The molecule has 0 radical (unpaired) electrons. The molecule has 6 heteroatoms. The van der Waals surface area contributed by atoms with Crippen LogP contribution in [-0.4, -0.2) is 30.2 Å². The van der Waals surface area contributed by atoms with Gasteiger partial charge in [0.25, 0.3) is 0 Å². The van der Waals surface area contributed by atoms with E-state index in [2.05, 4.69) is 5.32 Å². The summed E-state index contributed by atoms with van der Waals surface area (Å²) in [5.41, 5.74) is 0.808. The van der Waals surface area contributed by atoms with E-state index in [1.165, 1.54) is 6.07 Å². The second-order valence-electron chi connectivity index (χ2n) is 6.46. The van der Waals surface area contributed by atoms with Crippen molar-refractivity contribution in [2.75, 3.05) is 18.5 Å². The first-order valence-corrected chi connectivity index (χ1v) is 8.42. The normalized spacial score (nSPS) is 16.1. The summed E-state index contributed by atoms with van der Waals surface area (Å²) >= 11 is 0. The molecule has 1 amide bonds. The number of carbonyl (C=O) groups excluding carboxylic acids is 1. The Hall–Kier alpha value is -2.73. The van der Waals surface area contributed by atoms with Gasteiger partial charge in [0.1, 0.15) is 5.82 Å². The van der Waals surface area contributed by atoms with Crippen LogP contribution in [0, 0.1) is 12.7 Å². The molecule has 2 aromatic carbocycles. The fourth-order valence-electron chi connectivity index (χ4n) is 3.44. The molecule has 1 fully saturated rings. The highest BCUT2D eigenvalue weighted by Gasteiger charge is 2.42. The molecule has 1 heterocycles. The highest BCUT2D eigenvalue weighted by atomic mass is 19.1. The van der Waals surface area contributed by atoms with Crippen LogP contribution in [0.2, 0.25) is 0 Å². The minimum atomic E-state index is -1.18. The van der Waals surface area contributed by atoms with Crippen LogP contribution in [0.15, 0.2) is 42.5 Å². The number of ether oxygens (including phenoxy) is 1. The van der Waals surface area contributed by atoms with Crippen LogP contribution in [0.5, 0.6) is 0 Å². The maximum Gasteiger partial charge on any atom is 0.335 e. The van der Waals surface area contributed by atoms with Crippen molar-refractivity contribution in [3.05, 3.63) is 65.0 Å². The zero-order valence-corrected chi connectivity index (χ0v) is 14.4. The van der Waals surface area contributed by atoms with Crippen LogP contribution in [0.4, 0.5) is 10.1 Å². The van der Waals surface area contributed by atoms with Gasteiger partial charge in [-0.1, -0.05) is 24.3 Å². The van der Waals surface area contributed by atoms with Gasteiger partial charge in [0.05, 0.1) is 16.7 Å². The van der Waals surface area contributed by atoms with Gasteiger partial charge in [0, 0.05) is 13.2 Å². The van der Waals surface area contributed by atoms with Crippen LogP contribution in [0.3, 0.4) is 0 Å². The standard InChI is InChI=1S/C20H20FNO4/c1-13-4-2-3-5-15(13)20(8-10-26-11-9-20)19(25)22-17-12-14(18(23)24)6-7-16(17)21/h2-7,12H,8-11H2,1H3,(H,22,25)(H,23,24). The Morgan fingerprint density at radius 3 is 2.50 bits per heavy atom. The van der Waals surface area contributed by atoms with Crippen molar-refractivity contribution >= 4 is 17.6 Å². The Balaban J connectivity index is 1.99. The molecule has 0 unspecified atom stereocenters. The number of aromatic carboxylic acids is 1. The Labute approximate surface area is 150 Å². The van der Waals surface area contributed by atoms with E-state index in [1.807, 2.05) is 31.2 Å².